The van der Waals surface area contributed by atoms with Crippen LogP contribution in [0.1, 0.15) is 18.4 Å². The van der Waals surface area contributed by atoms with Gasteiger partial charge in [0.2, 0.25) is 10.0 Å². The van der Waals surface area contributed by atoms with Crippen LogP contribution in [0.25, 0.3) is 0 Å². The standard InChI is InChI=1S/C12H17BrN2O2S2/c1-8-6-10(13)11(14)7-12(8)19(16,17)15-9-2-4-18-5-3-9/h6-7,9,15H,2-5,14H2,1H3. The first-order chi connectivity index (χ1) is 8.90. The summed E-state index contributed by atoms with van der Waals surface area (Å²) in [5.74, 6) is 2.02. The molecule has 1 aromatic rings. The molecule has 1 aliphatic heterocycles. The van der Waals surface area contributed by atoms with Crippen molar-refractivity contribution < 1.29 is 8.42 Å². The van der Waals surface area contributed by atoms with Crippen LogP contribution in [0.2, 0.25) is 0 Å². The van der Waals surface area contributed by atoms with Crippen LogP contribution in [0.5, 0.6) is 0 Å². The molecule has 3 N–H and O–H groups in total. The zero-order valence-electron chi connectivity index (χ0n) is 10.6. The Kier molecular flexibility index (Phi) is 4.81. The highest BCUT2D eigenvalue weighted by molar-refractivity contribution is 9.10. The summed E-state index contributed by atoms with van der Waals surface area (Å²) in [4.78, 5) is 0.270. The van der Waals surface area contributed by atoms with E-state index in [1.54, 1.807) is 13.0 Å². The number of nitrogen functional groups attached to an aromatic ring is 1. The van der Waals surface area contributed by atoms with Gasteiger partial charge in [-0.15, -0.1) is 0 Å². The van der Waals surface area contributed by atoms with Crippen LogP contribution in [0.3, 0.4) is 0 Å². The van der Waals surface area contributed by atoms with Crippen molar-refractivity contribution >= 4 is 43.4 Å². The molecule has 0 spiro atoms. The Morgan fingerprint density at radius 3 is 2.63 bits per heavy atom. The molecule has 4 nitrogen and oxygen atoms in total. The highest BCUT2D eigenvalue weighted by Crippen LogP contribution is 2.27. The van der Waals surface area contributed by atoms with Crippen molar-refractivity contribution in [3.8, 4) is 0 Å². The number of rotatable bonds is 3. The lowest BCUT2D eigenvalue weighted by molar-refractivity contribution is 0.528. The molecule has 0 atom stereocenters. The second-order valence-corrected chi connectivity index (χ2v) is 8.41. The maximum Gasteiger partial charge on any atom is 0.241 e. The Morgan fingerprint density at radius 1 is 1.37 bits per heavy atom. The molecule has 0 saturated carbocycles. The normalized spacial score (nSPS) is 17.6. The first-order valence-electron chi connectivity index (χ1n) is 6.06. The topological polar surface area (TPSA) is 72.2 Å². The third-order valence-electron chi connectivity index (χ3n) is 3.13. The Labute approximate surface area is 126 Å². The molecule has 0 radical (unpaired) electrons. The number of aryl methyl sites for hydroxylation is 1. The van der Waals surface area contributed by atoms with E-state index in [1.807, 2.05) is 11.8 Å². The molecule has 7 heteroatoms. The molecule has 0 aliphatic carbocycles. The third kappa shape index (κ3) is 3.65. The molecule has 19 heavy (non-hydrogen) atoms. The van der Waals surface area contributed by atoms with Crippen LogP contribution in [0.15, 0.2) is 21.5 Å². The van der Waals surface area contributed by atoms with Crippen molar-refractivity contribution in [1.29, 1.82) is 0 Å². The second kappa shape index (κ2) is 6.03. The van der Waals surface area contributed by atoms with E-state index in [2.05, 4.69) is 20.7 Å². The van der Waals surface area contributed by atoms with Gasteiger partial charge >= 0.3 is 0 Å². The van der Waals surface area contributed by atoms with Crippen LogP contribution >= 0.6 is 27.7 Å². The number of thioether (sulfide) groups is 1. The van der Waals surface area contributed by atoms with Gasteiger partial charge in [0.25, 0.3) is 0 Å². The fourth-order valence-corrected chi connectivity index (χ4v) is 5.19. The smallest absolute Gasteiger partial charge is 0.241 e. The quantitative estimate of drug-likeness (QED) is 0.808. The largest absolute Gasteiger partial charge is 0.398 e. The van der Waals surface area contributed by atoms with Crippen LogP contribution < -0.4 is 10.5 Å². The van der Waals surface area contributed by atoms with Crippen molar-refractivity contribution in [3.05, 3.63) is 22.2 Å². The van der Waals surface area contributed by atoms with Crippen molar-refractivity contribution in [3.63, 3.8) is 0 Å². The minimum atomic E-state index is -3.49. The van der Waals surface area contributed by atoms with E-state index in [9.17, 15) is 8.42 Å². The van der Waals surface area contributed by atoms with Gasteiger partial charge in [-0.3, -0.25) is 0 Å². The fraction of sp³-hybridized carbons (Fsp3) is 0.500. The summed E-state index contributed by atoms with van der Waals surface area (Å²) in [6.07, 6.45) is 1.77. The van der Waals surface area contributed by atoms with E-state index < -0.39 is 10.0 Å². The summed E-state index contributed by atoms with van der Waals surface area (Å²) in [6.45, 7) is 1.77. The van der Waals surface area contributed by atoms with Gasteiger partial charge in [-0.05, 0) is 64.9 Å². The summed E-state index contributed by atoms with van der Waals surface area (Å²) >= 11 is 5.17. The molecule has 1 saturated heterocycles. The Bertz CT molecular complexity index is 569. The summed E-state index contributed by atoms with van der Waals surface area (Å²) in [6, 6.07) is 3.29. The lowest BCUT2D eigenvalue weighted by atomic mass is 10.2. The first kappa shape index (κ1) is 15.2. The summed E-state index contributed by atoms with van der Waals surface area (Å²) in [5, 5.41) is 0. The maximum atomic E-state index is 12.4. The number of nitrogens with two attached hydrogens (primary N) is 1. The zero-order chi connectivity index (χ0) is 14.0. The van der Waals surface area contributed by atoms with Crippen LogP contribution in [0.4, 0.5) is 5.69 Å². The van der Waals surface area contributed by atoms with Gasteiger partial charge in [0.05, 0.1) is 4.90 Å². The van der Waals surface area contributed by atoms with Crippen LogP contribution in [-0.2, 0) is 10.0 Å². The molecular formula is C12H17BrN2O2S2. The van der Waals surface area contributed by atoms with E-state index in [-0.39, 0.29) is 10.9 Å². The van der Waals surface area contributed by atoms with Crippen molar-refractivity contribution in [1.82, 2.24) is 4.72 Å². The highest BCUT2D eigenvalue weighted by atomic mass is 79.9. The Balaban J connectivity index is 2.26. The SMILES string of the molecule is Cc1cc(Br)c(N)cc1S(=O)(=O)NC1CCSCC1. The van der Waals surface area contributed by atoms with Gasteiger partial charge in [-0.2, -0.15) is 11.8 Å². The first-order valence-corrected chi connectivity index (χ1v) is 9.49. The molecule has 0 amide bonds. The number of hydrogen-bond donors (Lipinski definition) is 2. The minimum Gasteiger partial charge on any atom is -0.398 e. The third-order valence-corrected chi connectivity index (χ3v) is 6.52. The summed E-state index contributed by atoms with van der Waals surface area (Å²) < 4.78 is 28.3. The molecular weight excluding hydrogens is 348 g/mol. The number of anilines is 1. The number of hydrogen-bond acceptors (Lipinski definition) is 4. The van der Waals surface area contributed by atoms with E-state index in [4.69, 9.17) is 5.73 Å². The summed E-state index contributed by atoms with van der Waals surface area (Å²) in [5.41, 5.74) is 6.91. The number of nitrogens with one attached hydrogen (secondary N) is 1. The monoisotopic (exact) mass is 364 g/mol. The minimum absolute atomic E-state index is 0.0375. The molecule has 1 aromatic carbocycles. The molecule has 0 unspecified atom stereocenters. The van der Waals surface area contributed by atoms with E-state index in [0.29, 0.717) is 11.3 Å². The van der Waals surface area contributed by atoms with Gasteiger partial charge in [-0.25, -0.2) is 13.1 Å². The predicted molar refractivity (Wildman–Crippen MR) is 84.0 cm³/mol. The average Bonchev–Trinajstić information content (AvgIpc) is 2.34. The van der Waals surface area contributed by atoms with Gasteiger partial charge < -0.3 is 5.73 Å². The predicted octanol–water partition coefficient (Wildman–Crippen LogP) is 2.51. The molecule has 1 heterocycles. The molecule has 106 valence electrons. The van der Waals surface area contributed by atoms with Gasteiger partial charge in [0, 0.05) is 16.2 Å². The van der Waals surface area contributed by atoms with Gasteiger partial charge in [0.15, 0.2) is 0 Å². The lowest BCUT2D eigenvalue weighted by Crippen LogP contribution is -2.37. The second-order valence-electron chi connectivity index (χ2n) is 4.65. The fourth-order valence-electron chi connectivity index (χ4n) is 2.06. The Hall–Kier alpha value is -0.240. The number of halogens is 1. The molecule has 0 bridgehead atoms. The molecule has 1 aliphatic rings. The Morgan fingerprint density at radius 2 is 2.00 bits per heavy atom. The van der Waals surface area contributed by atoms with E-state index >= 15 is 0 Å². The van der Waals surface area contributed by atoms with Gasteiger partial charge in [0.1, 0.15) is 0 Å². The molecule has 1 fully saturated rings. The van der Waals surface area contributed by atoms with E-state index in [1.165, 1.54) is 6.07 Å². The molecule has 2 rings (SSSR count). The van der Waals surface area contributed by atoms with E-state index in [0.717, 1.165) is 28.8 Å². The maximum absolute atomic E-state index is 12.4. The molecule has 0 aromatic heterocycles. The average molecular weight is 365 g/mol. The van der Waals surface area contributed by atoms with Gasteiger partial charge in [-0.1, -0.05) is 0 Å². The van der Waals surface area contributed by atoms with Crippen LogP contribution in [0, 0.1) is 6.92 Å². The number of sulfonamides is 1. The van der Waals surface area contributed by atoms with Crippen molar-refractivity contribution in [2.75, 3.05) is 17.2 Å². The zero-order valence-corrected chi connectivity index (χ0v) is 13.9. The summed E-state index contributed by atoms with van der Waals surface area (Å²) in [7, 11) is -3.49. The van der Waals surface area contributed by atoms with Crippen molar-refractivity contribution in [2.24, 2.45) is 0 Å². The highest BCUT2D eigenvalue weighted by Gasteiger charge is 2.24. The number of benzene rings is 1. The van der Waals surface area contributed by atoms with Crippen molar-refractivity contribution in [2.45, 2.75) is 30.7 Å². The van der Waals surface area contributed by atoms with Crippen LogP contribution in [-0.4, -0.2) is 26.0 Å². The lowest BCUT2D eigenvalue weighted by Gasteiger charge is -2.23.